The van der Waals surface area contributed by atoms with Crippen LogP contribution in [-0.2, 0) is 14.3 Å². The van der Waals surface area contributed by atoms with Crippen molar-refractivity contribution >= 4 is 29.3 Å². The lowest BCUT2D eigenvalue weighted by atomic mass is 9.63. The molecule has 3 fully saturated rings. The quantitative estimate of drug-likeness (QED) is 0.295. The number of carbonyl (C=O) groups is 4. The number of amides is 2. The van der Waals surface area contributed by atoms with E-state index in [0.717, 1.165) is 12.0 Å². The van der Waals surface area contributed by atoms with Crippen molar-refractivity contribution in [2.45, 2.75) is 26.4 Å². The van der Waals surface area contributed by atoms with Gasteiger partial charge in [0.05, 0.1) is 23.1 Å². The Morgan fingerprint density at radius 1 is 0.912 bits per heavy atom. The van der Waals surface area contributed by atoms with Gasteiger partial charge in [0, 0.05) is 5.56 Å². The largest absolute Gasteiger partial charge is 0.451 e. The van der Waals surface area contributed by atoms with Crippen LogP contribution < -0.4 is 4.90 Å². The predicted molar refractivity (Wildman–Crippen MR) is 124 cm³/mol. The molecular weight excluding hydrogens is 430 g/mol. The van der Waals surface area contributed by atoms with Gasteiger partial charge >= 0.3 is 5.97 Å². The third kappa shape index (κ3) is 3.01. The second kappa shape index (κ2) is 7.49. The molecule has 2 bridgehead atoms. The molecule has 7 atom stereocenters. The fourth-order valence-electron chi connectivity index (χ4n) is 6.27. The fourth-order valence-corrected chi connectivity index (χ4v) is 6.27. The molecule has 0 aromatic heterocycles. The van der Waals surface area contributed by atoms with Gasteiger partial charge in [-0.1, -0.05) is 54.1 Å². The minimum atomic E-state index is -1.01. The first-order chi connectivity index (χ1) is 16.4. The minimum absolute atomic E-state index is 0.104. The number of benzene rings is 2. The van der Waals surface area contributed by atoms with Gasteiger partial charge in [0.1, 0.15) is 0 Å². The predicted octanol–water partition coefficient (Wildman–Crippen LogP) is 3.98. The Balaban J connectivity index is 1.26. The Morgan fingerprint density at radius 3 is 2.12 bits per heavy atom. The zero-order chi connectivity index (χ0) is 23.7. The molecule has 0 spiro atoms. The number of Topliss-reactive ketones (excluding diaryl/α,β-unsaturated/α-hetero) is 1. The van der Waals surface area contributed by atoms with Crippen LogP contribution in [0.25, 0.3) is 0 Å². The summed E-state index contributed by atoms with van der Waals surface area (Å²) in [5.74, 6) is -0.999. The molecule has 172 valence electrons. The summed E-state index contributed by atoms with van der Waals surface area (Å²) in [5.41, 5.74) is 1.82. The summed E-state index contributed by atoms with van der Waals surface area (Å²) < 4.78 is 5.50. The van der Waals surface area contributed by atoms with Gasteiger partial charge in [0.15, 0.2) is 6.10 Å². The average molecular weight is 456 g/mol. The van der Waals surface area contributed by atoms with Gasteiger partial charge in [-0.25, -0.2) is 9.69 Å². The SMILES string of the molecule is Cc1ccc(C(=O)[C@H](C)OC(=O)c2ccccc2N2C(=O)[C@@H]3[C@@H]4C=C[C@H]([C@H]5C[C@H]45)[C@@H]3C2=O)cc1. The Labute approximate surface area is 197 Å². The highest BCUT2D eigenvalue weighted by Gasteiger charge is 2.67. The van der Waals surface area contributed by atoms with Gasteiger partial charge in [-0.3, -0.25) is 14.4 Å². The number of esters is 1. The van der Waals surface area contributed by atoms with E-state index in [9.17, 15) is 19.2 Å². The molecule has 0 N–H and O–H groups in total. The minimum Gasteiger partial charge on any atom is -0.451 e. The maximum Gasteiger partial charge on any atom is 0.340 e. The van der Waals surface area contributed by atoms with Gasteiger partial charge in [0.2, 0.25) is 17.6 Å². The van der Waals surface area contributed by atoms with Crippen LogP contribution in [0.3, 0.4) is 0 Å². The van der Waals surface area contributed by atoms with Gasteiger partial charge in [-0.2, -0.15) is 0 Å². The molecule has 4 aliphatic carbocycles. The van der Waals surface area contributed by atoms with Gasteiger partial charge in [-0.15, -0.1) is 0 Å². The topological polar surface area (TPSA) is 80.8 Å². The van der Waals surface area contributed by atoms with Gasteiger partial charge < -0.3 is 4.74 Å². The van der Waals surface area contributed by atoms with Crippen LogP contribution in [0.2, 0.25) is 0 Å². The lowest BCUT2D eigenvalue weighted by molar-refractivity contribution is -0.124. The molecule has 6 heteroatoms. The molecule has 34 heavy (non-hydrogen) atoms. The maximum atomic E-state index is 13.5. The van der Waals surface area contributed by atoms with Crippen molar-refractivity contribution in [1.29, 1.82) is 0 Å². The lowest BCUT2D eigenvalue weighted by Crippen LogP contribution is -2.40. The number of hydrogen-bond acceptors (Lipinski definition) is 5. The maximum absolute atomic E-state index is 13.5. The molecule has 1 saturated heterocycles. The molecule has 1 heterocycles. The molecule has 5 aliphatic rings. The number of aryl methyl sites for hydroxylation is 1. The number of para-hydroxylation sites is 1. The summed E-state index contributed by atoms with van der Waals surface area (Å²) in [4.78, 5) is 54.0. The van der Waals surface area contributed by atoms with Crippen molar-refractivity contribution in [2.24, 2.45) is 35.5 Å². The number of carbonyl (C=O) groups excluding carboxylic acids is 4. The first-order valence-electron chi connectivity index (χ1n) is 11.8. The first kappa shape index (κ1) is 21.0. The van der Waals surface area contributed by atoms with Gasteiger partial charge in [-0.05, 0) is 56.1 Å². The lowest BCUT2D eigenvalue weighted by Gasteiger charge is -2.37. The zero-order valence-electron chi connectivity index (χ0n) is 19.0. The molecule has 1 aliphatic heterocycles. The fraction of sp³-hybridized carbons (Fsp3) is 0.357. The number of hydrogen-bond donors (Lipinski definition) is 0. The van der Waals surface area contributed by atoms with Crippen molar-refractivity contribution < 1.29 is 23.9 Å². The second-order valence-electron chi connectivity index (χ2n) is 9.96. The van der Waals surface area contributed by atoms with E-state index in [-0.39, 0.29) is 52.5 Å². The van der Waals surface area contributed by atoms with Crippen LogP contribution in [0, 0.1) is 42.4 Å². The third-order valence-corrected chi connectivity index (χ3v) is 8.02. The molecule has 2 saturated carbocycles. The molecule has 2 aromatic rings. The van der Waals surface area contributed by atoms with E-state index < -0.39 is 12.1 Å². The summed E-state index contributed by atoms with van der Waals surface area (Å²) in [6.45, 7) is 3.45. The first-order valence-corrected chi connectivity index (χ1v) is 11.8. The average Bonchev–Trinajstić information content (AvgIpc) is 3.62. The molecule has 6 nitrogen and oxygen atoms in total. The summed E-state index contributed by atoms with van der Waals surface area (Å²) >= 11 is 0. The molecule has 7 rings (SSSR count). The summed E-state index contributed by atoms with van der Waals surface area (Å²) in [5, 5.41) is 0. The Bertz CT molecular complexity index is 1230. The van der Waals surface area contributed by atoms with E-state index in [1.807, 2.05) is 19.1 Å². The number of imide groups is 1. The number of anilines is 1. The van der Waals surface area contributed by atoms with E-state index in [2.05, 4.69) is 12.2 Å². The van der Waals surface area contributed by atoms with Crippen molar-refractivity contribution in [3.63, 3.8) is 0 Å². The highest BCUT2D eigenvalue weighted by atomic mass is 16.5. The summed E-state index contributed by atoms with van der Waals surface area (Å²) in [7, 11) is 0. The summed E-state index contributed by atoms with van der Waals surface area (Å²) in [6.07, 6.45) is 4.31. The van der Waals surface area contributed by atoms with E-state index >= 15 is 0 Å². The summed E-state index contributed by atoms with van der Waals surface area (Å²) in [6, 6.07) is 13.5. The van der Waals surface area contributed by atoms with E-state index in [0.29, 0.717) is 17.4 Å². The van der Waals surface area contributed by atoms with Crippen LogP contribution in [0.15, 0.2) is 60.7 Å². The molecule has 2 aromatic carbocycles. The van der Waals surface area contributed by atoms with Crippen molar-refractivity contribution in [2.75, 3.05) is 4.90 Å². The zero-order valence-corrected chi connectivity index (χ0v) is 19.0. The third-order valence-electron chi connectivity index (χ3n) is 8.02. The number of rotatable bonds is 5. The highest BCUT2D eigenvalue weighted by molar-refractivity contribution is 6.24. The van der Waals surface area contributed by atoms with Crippen LogP contribution in [-0.4, -0.2) is 29.7 Å². The highest BCUT2D eigenvalue weighted by Crippen LogP contribution is 2.65. The normalized spacial score (nSPS) is 31.2. The number of ketones is 1. The smallest absolute Gasteiger partial charge is 0.340 e. The standard InChI is InChI=1S/C28H25NO5/c1-14-7-9-16(10-8-14)25(30)15(2)34-28(33)19-5-3-4-6-22(19)29-26(31)23-17-11-12-18(21-13-20(17)21)24(23)27(29)32/h3-12,15,17-18,20-21,23-24H,13H2,1-2H3/t15-,17+,18+,20+,21+,23-,24+/m0/s1. The molecule has 2 amide bonds. The Kier molecular flexibility index (Phi) is 4.63. The van der Waals surface area contributed by atoms with E-state index in [1.54, 1.807) is 30.3 Å². The molecular formula is C28H25NO5. The Hall–Kier alpha value is -3.54. The molecule has 0 unspecified atom stereocenters. The monoisotopic (exact) mass is 455 g/mol. The molecule has 0 radical (unpaired) electrons. The Morgan fingerprint density at radius 2 is 1.50 bits per heavy atom. The van der Waals surface area contributed by atoms with Crippen LogP contribution in [0.4, 0.5) is 5.69 Å². The number of ether oxygens (including phenoxy) is 1. The van der Waals surface area contributed by atoms with E-state index in [1.165, 1.54) is 17.9 Å². The van der Waals surface area contributed by atoms with Crippen molar-refractivity contribution in [1.82, 2.24) is 0 Å². The van der Waals surface area contributed by atoms with E-state index in [4.69, 9.17) is 4.74 Å². The van der Waals surface area contributed by atoms with Crippen LogP contribution in [0.5, 0.6) is 0 Å². The van der Waals surface area contributed by atoms with Gasteiger partial charge in [0.25, 0.3) is 0 Å². The second-order valence-corrected chi connectivity index (χ2v) is 9.96. The van der Waals surface area contributed by atoms with Crippen LogP contribution in [0.1, 0.15) is 39.6 Å². The number of nitrogens with zero attached hydrogens (tertiary/aromatic N) is 1. The van der Waals surface area contributed by atoms with Crippen molar-refractivity contribution in [3.05, 3.63) is 77.4 Å². The van der Waals surface area contributed by atoms with Crippen LogP contribution >= 0.6 is 0 Å². The van der Waals surface area contributed by atoms with Crippen molar-refractivity contribution in [3.8, 4) is 0 Å². The number of allylic oxidation sites excluding steroid dienone is 2.